The zero-order valence-corrected chi connectivity index (χ0v) is 16.3. The lowest BCUT2D eigenvalue weighted by Gasteiger charge is -2.37. The summed E-state index contributed by atoms with van der Waals surface area (Å²) < 4.78 is 13.1. The lowest BCUT2D eigenvalue weighted by Crippen LogP contribution is -2.37. The van der Waals surface area contributed by atoms with Crippen LogP contribution in [0.3, 0.4) is 0 Å². The quantitative estimate of drug-likeness (QED) is 0.739. The number of carbonyl (C=O) groups is 1. The van der Waals surface area contributed by atoms with Crippen molar-refractivity contribution in [3.63, 3.8) is 0 Å². The maximum atomic E-state index is 12.6. The van der Waals surface area contributed by atoms with Crippen LogP contribution in [0, 0.1) is 5.92 Å². The highest BCUT2D eigenvalue weighted by Gasteiger charge is 2.40. The fourth-order valence-corrected chi connectivity index (χ4v) is 4.79. The average Bonchev–Trinajstić information content (AvgIpc) is 3.45. The minimum atomic E-state index is -0.478. The molecule has 1 fully saturated rings. The van der Waals surface area contributed by atoms with Gasteiger partial charge in [-0.3, -0.25) is 4.79 Å². The van der Waals surface area contributed by atoms with Crippen LogP contribution in [0.4, 0.5) is 0 Å². The van der Waals surface area contributed by atoms with Gasteiger partial charge in [-0.1, -0.05) is 18.2 Å². The maximum absolute atomic E-state index is 12.6. The topological polar surface area (TPSA) is 58.8 Å². The van der Waals surface area contributed by atoms with Gasteiger partial charge in [-0.2, -0.15) is 0 Å². The third-order valence-electron chi connectivity index (χ3n) is 5.23. The van der Waals surface area contributed by atoms with Gasteiger partial charge in [-0.05, 0) is 48.2 Å². The normalized spacial score (nSPS) is 24.6. The number of aliphatic hydroxyl groups excluding tert-OH is 1. The number of allylic oxidation sites excluding steroid dienone is 1. The van der Waals surface area contributed by atoms with Crippen molar-refractivity contribution in [3.05, 3.63) is 47.0 Å². The molecule has 3 heterocycles. The average molecular weight is 388 g/mol. The van der Waals surface area contributed by atoms with Crippen molar-refractivity contribution in [1.29, 1.82) is 0 Å². The fraction of sp³-hybridized carbons (Fsp3) is 0.476. The number of carbonyl (C=O) groups excluding carboxylic acids is 1. The van der Waals surface area contributed by atoms with Crippen molar-refractivity contribution in [2.75, 3.05) is 26.3 Å². The number of nitrogens with zero attached hydrogens (tertiary/aromatic N) is 1. The van der Waals surface area contributed by atoms with Crippen molar-refractivity contribution in [2.45, 2.75) is 32.0 Å². The highest BCUT2D eigenvalue weighted by atomic mass is 32.1. The summed E-state index contributed by atoms with van der Waals surface area (Å²) in [5, 5.41) is 12.8. The summed E-state index contributed by atoms with van der Waals surface area (Å²) in [6.07, 6.45) is 2.96. The van der Waals surface area contributed by atoms with E-state index in [1.807, 2.05) is 25.1 Å². The highest BCUT2D eigenvalue weighted by Crippen LogP contribution is 2.43. The number of hydrogen-bond acceptors (Lipinski definition) is 5. The molecule has 6 heteroatoms. The minimum Gasteiger partial charge on any atom is -0.459 e. The molecule has 4 rings (SSSR count). The molecule has 144 valence electrons. The van der Waals surface area contributed by atoms with E-state index in [0.717, 1.165) is 19.5 Å². The molecule has 3 atom stereocenters. The van der Waals surface area contributed by atoms with Gasteiger partial charge in [0.1, 0.15) is 0 Å². The van der Waals surface area contributed by atoms with Crippen LogP contribution in [0.2, 0.25) is 0 Å². The summed E-state index contributed by atoms with van der Waals surface area (Å²) in [6, 6.07) is 8.35. The smallest absolute Gasteiger partial charge is 0.288 e. The van der Waals surface area contributed by atoms with Crippen LogP contribution in [-0.4, -0.2) is 48.5 Å². The second-order valence-corrected chi connectivity index (χ2v) is 7.92. The molecule has 1 saturated heterocycles. The first-order chi connectivity index (χ1) is 13.2. The van der Waals surface area contributed by atoms with Gasteiger partial charge in [-0.15, -0.1) is 11.3 Å². The number of amides is 1. The van der Waals surface area contributed by atoms with Gasteiger partial charge < -0.3 is 19.5 Å². The van der Waals surface area contributed by atoms with Crippen molar-refractivity contribution < 1.29 is 19.4 Å². The predicted molar refractivity (Wildman–Crippen MR) is 106 cm³/mol. The second-order valence-electron chi connectivity index (χ2n) is 7.01. The molecule has 0 unspecified atom stereocenters. The first kappa shape index (κ1) is 18.5. The summed E-state index contributed by atoms with van der Waals surface area (Å²) in [7, 11) is 0. The molecule has 2 aliphatic heterocycles. The first-order valence-corrected chi connectivity index (χ1v) is 10.5. The Morgan fingerprint density at radius 1 is 1.37 bits per heavy atom. The molecule has 0 saturated carbocycles. The van der Waals surface area contributed by atoms with E-state index in [0.29, 0.717) is 18.8 Å². The fourth-order valence-electron chi connectivity index (χ4n) is 3.78. The molecule has 5 nitrogen and oxygen atoms in total. The van der Waals surface area contributed by atoms with Crippen LogP contribution in [0.1, 0.15) is 31.2 Å². The second kappa shape index (κ2) is 8.00. The molecule has 1 aromatic heterocycles. The zero-order valence-electron chi connectivity index (χ0n) is 15.5. The third-order valence-corrected chi connectivity index (χ3v) is 6.21. The Balaban J connectivity index is 1.76. The number of benzene rings is 1. The van der Waals surface area contributed by atoms with E-state index >= 15 is 0 Å². The maximum Gasteiger partial charge on any atom is 0.288 e. The van der Waals surface area contributed by atoms with Gasteiger partial charge in [-0.25, -0.2) is 0 Å². The van der Waals surface area contributed by atoms with Gasteiger partial charge in [0, 0.05) is 42.8 Å². The summed E-state index contributed by atoms with van der Waals surface area (Å²) in [5.41, 5.74) is 1.21. The van der Waals surface area contributed by atoms with Crippen molar-refractivity contribution in [1.82, 2.24) is 4.90 Å². The Hall–Kier alpha value is -1.89. The van der Waals surface area contributed by atoms with Gasteiger partial charge in [0.2, 0.25) is 6.29 Å². The van der Waals surface area contributed by atoms with Crippen molar-refractivity contribution in [2.24, 2.45) is 5.92 Å². The molecule has 2 aliphatic rings. The molecule has 0 spiro atoms. The Labute approximate surface area is 163 Å². The molecule has 1 amide bonds. The number of ether oxygens (including phenoxy) is 2. The molecule has 0 radical (unpaired) electrons. The molecule has 0 aliphatic carbocycles. The van der Waals surface area contributed by atoms with E-state index in [-0.39, 0.29) is 24.3 Å². The molecule has 1 aromatic carbocycles. The summed E-state index contributed by atoms with van der Waals surface area (Å²) in [5.74, 6) is 0.425. The van der Waals surface area contributed by atoms with E-state index in [1.54, 1.807) is 16.2 Å². The van der Waals surface area contributed by atoms with E-state index in [4.69, 9.17) is 9.47 Å². The van der Waals surface area contributed by atoms with Crippen LogP contribution in [0.15, 0.2) is 41.5 Å². The lowest BCUT2D eigenvalue weighted by molar-refractivity contribution is -0.168. The van der Waals surface area contributed by atoms with Crippen molar-refractivity contribution >= 4 is 27.3 Å². The van der Waals surface area contributed by atoms with Gasteiger partial charge in [0.05, 0.1) is 0 Å². The molecule has 1 N–H and O–H groups in total. The van der Waals surface area contributed by atoms with Crippen LogP contribution in [-0.2, 0) is 14.3 Å². The van der Waals surface area contributed by atoms with E-state index < -0.39 is 6.29 Å². The molecule has 2 aromatic rings. The predicted octanol–water partition coefficient (Wildman–Crippen LogP) is 3.49. The largest absolute Gasteiger partial charge is 0.459 e. The summed E-state index contributed by atoms with van der Waals surface area (Å²) in [6.45, 7) is 4.17. The Bertz CT molecular complexity index is 842. The van der Waals surface area contributed by atoms with Gasteiger partial charge in [0.25, 0.3) is 5.91 Å². The van der Waals surface area contributed by atoms with Crippen molar-refractivity contribution in [3.8, 4) is 0 Å². The number of rotatable bonds is 7. The van der Waals surface area contributed by atoms with E-state index in [9.17, 15) is 9.90 Å². The van der Waals surface area contributed by atoms with Crippen LogP contribution < -0.4 is 0 Å². The van der Waals surface area contributed by atoms with Crippen LogP contribution in [0.5, 0.6) is 0 Å². The molecule has 27 heavy (non-hydrogen) atoms. The molecule has 0 bridgehead atoms. The molecular weight excluding hydrogens is 362 g/mol. The summed E-state index contributed by atoms with van der Waals surface area (Å²) >= 11 is 1.72. The van der Waals surface area contributed by atoms with Gasteiger partial charge in [0.15, 0.2) is 5.76 Å². The minimum absolute atomic E-state index is 0.0249. The Morgan fingerprint density at radius 2 is 2.19 bits per heavy atom. The van der Waals surface area contributed by atoms with Crippen LogP contribution >= 0.6 is 11.3 Å². The van der Waals surface area contributed by atoms with Gasteiger partial charge >= 0.3 is 0 Å². The zero-order chi connectivity index (χ0) is 18.8. The monoisotopic (exact) mass is 387 g/mol. The third kappa shape index (κ3) is 3.74. The van der Waals surface area contributed by atoms with E-state index in [1.165, 1.54) is 15.6 Å². The van der Waals surface area contributed by atoms with Crippen LogP contribution in [0.25, 0.3) is 10.1 Å². The highest BCUT2D eigenvalue weighted by molar-refractivity contribution is 7.17. The Morgan fingerprint density at radius 3 is 2.93 bits per heavy atom. The number of aliphatic hydroxyl groups is 1. The SMILES string of the molecule is CCO[C@H]1OC(C(=O)N2CC2)=C[C@@H](c2csc3ccccc23)[C@@H]1CCCO. The molecular formula is C21H25NO4S. The number of hydrogen-bond donors (Lipinski definition) is 1. The standard InChI is InChI=1S/C21H25NO4S/c1-2-25-21-15(7-5-11-23)16(12-18(26-21)20(24)22-9-10-22)17-13-27-19-8-4-3-6-14(17)19/h3-4,6,8,12-13,15-16,21,23H,2,5,7,9-11H2,1H3/t15-,16+,21-/m0/s1. The first-order valence-electron chi connectivity index (χ1n) is 9.59. The van der Waals surface area contributed by atoms with E-state index in [2.05, 4.69) is 17.5 Å². The summed E-state index contributed by atoms with van der Waals surface area (Å²) in [4.78, 5) is 14.4. The lowest BCUT2D eigenvalue weighted by atomic mass is 9.80. The number of fused-ring (bicyclic) bond motifs is 1. The Kier molecular flexibility index (Phi) is 5.48. The number of thiophene rings is 1.